The minimum Gasteiger partial charge on any atom is -0.338 e. The molecule has 0 unspecified atom stereocenters. The zero-order valence-corrected chi connectivity index (χ0v) is 14.4. The maximum atomic E-state index is 13.2. The lowest BCUT2D eigenvalue weighted by molar-refractivity contribution is -0.136. The molecule has 1 fully saturated rings. The highest BCUT2D eigenvalue weighted by molar-refractivity contribution is 5.90. The number of amides is 2. The van der Waals surface area contributed by atoms with Gasteiger partial charge < -0.3 is 9.80 Å². The number of benzene rings is 1. The standard InChI is InChI=1S/C17H20FN5O2/c1-21(9-14-19-10-20-23(14)3)17(25)13-8-15(24)22(2)16(13)11-4-6-12(18)7-5-11/h4-7,10,13,16H,8-9H2,1-3H3/t13-,16-/m1/s1. The van der Waals surface area contributed by atoms with Gasteiger partial charge in [0.2, 0.25) is 11.8 Å². The molecule has 0 saturated carbocycles. The third-order valence-electron chi connectivity index (χ3n) is 4.67. The Morgan fingerprint density at radius 3 is 2.60 bits per heavy atom. The fourth-order valence-corrected chi connectivity index (χ4v) is 3.24. The van der Waals surface area contributed by atoms with Crippen molar-refractivity contribution in [1.82, 2.24) is 24.6 Å². The summed E-state index contributed by atoms with van der Waals surface area (Å²) in [7, 11) is 5.11. The summed E-state index contributed by atoms with van der Waals surface area (Å²) in [6.45, 7) is 0.305. The van der Waals surface area contributed by atoms with Crippen molar-refractivity contribution in [3.63, 3.8) is 0 Å². The second kappa shape index (κ2) is 6.62. The molecule has 0 bridgehead atoms. The normalized spacial score (nSPS) is 20.2. The fraction of sp³-hybridized carbons (Fsp3) is 0.412. The molecule has 1 aliphatic heterocycles. The number of hydrogen-bond acceptors (Lipinski definition) is 4. The summed E-state index contributed by atoms with van der Waals surface area (Å²) in [5.41, 5.74) is 0.750. The quantitative estimate of drug-likeness (QED) is 0.833. The smallest absolute Gasteiger partial charge is 0.228 e. The van der Waals surface area contributed by atoms with Gasteiger partial charge in [-0.05, 0) is 17.7 Å². The van der Waals surface area contributed by atoms with Crippen molar-refractivity contribution < 1.29 is 14.0 Å². The van der Waals surface area contributed by atoms with Crippen molar-refractivity contribution in [2.75, 3.05) is 14.1 Å². The Morgan fingerprint density at radius 2 is 2.00 bits per heavy atom. The molecule has 2 aromatic rings. The third-order valence-corrected chi connectivity index (χ3v) is 4.67. The minimum atomic E-state index is -0.513. The monoisotopic (exact) mass is 345 g/mol. The van der Waals surface area contributed by atoms with E-state index in [0.717, 1.165) is 5.56 Å². The van der Waals surface area contributed by atoms with Crippen LogP contribution in [-0.4, -0.2) is 50.5 Å². The number of hydrogen-bond donors (Lipinski definition) is 0. The van der Waals surface area contributed by atoms with Gasteiger partial charge in [0.25, 0.3) is 0 Å². The van der Waals surface area contributed by atoms with Gasteiger partial charge in [-0.3, -0.25) is 14.3 Å². The number of nitrogens with zero attached hydrogens (tertiary/aromatic N) is 5. The number of carbonyl (C=O) groups excluding carboxylic acids is 2. The van der Waals surface area contributed by atoms with Gasteiger partial charge in [-0.2, -0.15) is 5.10 Å². The first-order chi connectivity index (χ1) is 11.9. The lowest BCUT2D eigenvalue weighted by Crippen LogP contribution is -2.36. The molecule has 1 aromatic heterocycles. The molecule has 1 aromatic carbocycles. The van der Waals surface area contributed by atoms with Crippen LogP contribution in [0.15, 0.2) is 30.6 Å². The predicted octanol–water partition coefficient (Wildman–Crippen LogP) is 1.13. The molecule has 0 spiro atoms. The first-order valence-corrected chi connectivity index (χ1v) is 7.97. The van der Waals surface area contributed by atoms with E-state index >= 15 is 0 Å². The van der Waals surface area contributed by atoms with E-state index < -0.39 is 12.0 Å². The van der Waals surface area contributed by atoms with Crippen molar-refractivity contribution in [2.45, 2.75) is 19.0 Å². The number of carbonyl (C=O) groups is 2. The lowest BCUT2D eigenvalue weighted by Gasteiger charge is -2.27. The zero-order chi connectivity index (χ0) is 18.1. The molecule has 25 heavy (non-hydrogen) atoms. The highest BCUT2D eigenvalue weighted by atomic mass is 19.1. The molecule has 1 aliphatic rings. The number of aromatic nitrogens is 3. The summed E-state index contributed by atoms with van der Waals surface area (Å²) in [6, 6.07) is 5.53. The van der Waals surface area contributed by atoms with Gasteiger partial charge in [0.1, 0.15) is 18.0 Å². The van der Waals surface area contributed by atoms with E-state index in [4.69, 9.17) is 0 Å². The van der Waals surface area contributed by atoms with Gasteiger partial charge in [0, 0.05) is 27.6 Å². The van der Waals surface area contributed by atoms with Crippen LogP contribution in [0.2, 0.25) is 0 Å². The Labute approximate surface area is 145 Å². The first kappa shape index (κ1) is 17.1. The van der Waals surface area contributed by atoms with Gasteiger partial charge in [-0.15, -0.1) is 0 Å². The molecular formula is C17H20FN5O2. The summed E-state index contributed by atoms with van der Waals surface area (Å²) in [4.78, 5) is 32.4. The van der Waals surface area contributed by atoms with Crippen LogP contribution < -0.4 is 0 Å². The number of aryl methyl sites for hydroxylation is 1. The molecule has 7 nitrogen and oxygen atoms in total. The first-order valence-electron chi connectivity index (χ1n) is 7.97. The topological polar surface area (TPSA) is 71.3 Å². The van der Waals surface area contributed by atoms with E-state index in [1.54, 1.807) is 47.8 Å². The van der Waals surface area contributed by atoms with Gasteiger partial charge >= 0.3 is 0 Å². The second-order valence-corrected chi connectivity index (χ2v) is 6.31. The Morgan fingerprint density at radius 1 is 1.32 bits per heavy atom. The highest BCUT2D eigenvalue weighted by Crippen LogP contribution is 2.38. The van der Waals surface area contributed by atoms with Crippen molar-refractivity contribution in [3.05, 3.63) is 47.8 Å². The van der Waals surface area contributed by atoms with Crippen LogP contribution in [0, 0.1) is 11.7 Å². The van der Waals surface area contributed by atoms with Crippen molar-refractivity contribution in [3.8, 4) is 0 Å². The van der Waals surface area contributed by atoms with Gasteiger partial charge in [-0.25, -0.2) is 9.37 Å². The Balaban J connectivity index is 1.83. The average molecular weight is 345 g/mol. The molecule has 1 saturated heterocycles. The lowest BCUT2D eigenvalue weighted by atomic mass is 9.92. The maximum absolute atomic E-state index is 13.2. The minimum absolute atomic E-state index is 0.0975. The molecule has 8 heteroatoms. The maximum Gasteiger partial charge on any atom is 0.228 e. The van der Waals surface area contributed by atoms with Crippen LogP contribution in [0.3, 0.4) is 0 Å². The second-order valence-electron chi connectivity index (χ2n) is 6.31. The molecule has 132 valence electrons. The van der Waals surface area contributed by atoms with E-state index in [1.165, 1.54) is 18.5 Å². The van der Waals surface area contributed by atoms with Crippen LogP contribution >= 0.6 is 0 Å². The van der Waals surface area contributed by atoms with Gasteiger partial charge in [0.05, 0.1) is 18.5 Å². The molecule has 0 N–H and O–H groups in total. The van der Waals surface area contributed by atoms with Crippen LogP contribution in [0.4, 0.5) is 4.39 Å². The largest absolute Gasteiger partial charge is 0.338 e. The zero-order valence-electron chi connectivity index (χ0n) is 14.4. The Hall–Kier alpha value is -2.77. The summed E-state index contributed by atoms with van der Waals surface area (Å²) in [6.07, 6.45) is 1.57. The van der Waals surface area contributed by atoms with E-state index in [9.17, 15) is 14.0 Å². The number of halogens is 1. The fourth-order valence-electron chi connectivity index (χ4n) is 3.24. The van der Waals surface area contributed by atoms with E-state index in [-0.39, 0.29) is 24.1 Å². The van der Waals surface area contributed by atoms with Crippen LogP contribution in [0.1, 0.15) is 23.9 Å². The Kier molecular flexibility index (Phi) is 4.52. The van der Waals surface area contributed by atoms with E-state index in [1.807, 2.05) is 0 Å². The molecule has 0 radical (unpaired) electrons. The SMILES string of the molecule is CN(Cc1ncnn1C)C(=O)[C@@H]1CC(=O)N(C)[C@@H]1c1ccc(F)cc1. The predicted molar refractivity (Wildman–Crippen MR) is 87.5 cm³/mol. The summed E-state index contributed by atoms with van der Waals surface area (Å²) in [5, 5.41) is 3.99. The van der Waals surface area contributed by atoms with Crippen LogP contribution in [-0.2, 0) is 23.2 Å². The van der Waals surface area contributed by atoms with Gasteiger partial charge in [0.15, 0.2) is 0 Å². The van der Waals surface area contributed by atoms with Gasteiger partial charge in [-0.1, -0.05) is 12.1 Å². The number of likely N-dealkylation sites (tertiary alicyclic amines) is 1. The van der Waals surface area contributed by atoms with Crippen molar-refractivity contribution >= 4 is 11.8 Å². The summed E-state index contributed by atoms with van der Waals surface area (Å²) in [5.74, 6) is -0.444. The molecule has 2 amide bonds. The van der Waals surface area contributed by atoms with Crippen LogP contribution in [0.5, 0.6) is 0 Å². The highest BCUT2D eigenvalue weighted by Gasteiger charge is 2.43. The third kappa shape index (κ3) is 3.24. The van der Waals surface area contributed by atoms with E-state index in [2.05, 4.69) is 10.1 Å². The molecule has 3 rings (SSSR count). The Bertz CT molecular complexity index is 789. The molecular weight excluding hydrogens is 325 g/mol. The average Bonchev–Trinajstić information content (AvgIpc) is 3.12. The molecule has 2 heterocycles. The summed E-state index contributed by atoms with van der Waals surface area (Å²) >= 11 is 0. The van der Waals surface area contributed by atoms with Crippen molar-refractivity contribution in [1.29, 1.82) is 0 Å². The van der Waals surface area contributed by atoms with Crippen LogP contribution in [0.25, 0.3) is 0 Å². The summed E-state index contributed by atoms with van der Waals surface area (Å²) < 4.78 is 14.8. The number of rotatable bonds is 4. The molecule has 0 aliphatic carbocycles. The van der Waals surface area contributed by atoms with Crippen molar-refractivity contribution in [2.24, 2.45) is 13.0 Å². The van der Waals surface area contributed by atoms with E-state index in [0.29, 0.717) is 12.4 Å². The molecule has 2 atom stereocenters.